The molecule has 5 fully saturated rings. The van der Waals surface area contributed by atoms with E-state index in [9.17, 15) is 19.5 Å². The molecule has 5 aliphatic rings. The molecule has 4 N–H and O–H groups in total. The van der Waals surface area contributed by atoms with Crippen LogP contribution in [0.15, 0.2) is 0 Å². The minimum absolute atomic E-state index is 0.00740. The van der Waals surface area contributed by atoms with Gasteiger partial charge in [-0.05, 0) is 121 Å². The second-order valence-electron chi connectivity index (χ2n) is 33.2. The summed E-state index contributed by atoms with van der Waals surface area (Å²) in [6.07, 6.45) is 14.5. The predicted molar refractivity (Wildman–Crippen MR) is 395 cm³/mol. The lowest BCUT2D eigenvalue weighted by Gasteiger charge is -2.41. The van der Waals surface area contributed by atoms with Gasteiger partial charge in [0, 0.05) is 69.5 Å². The number of nitrogens with one attached hydrogen (secondary N) is 3. The molecule has 0 aromatic heterocycles. The van der Waals surface area contributed by atoms with E-state index in [-0.39, 0.29) is 68.3 Å². The van der Waals surface area contributed by atoms with Crippen LogP contribution in [-0.2, 0) is 62.3 Å². The van der Waals surface area contributed by atoms with E-state index in [0.29, 0.717) is 25.9 Å². The van der Waals surface area contributed by atoms with Gasteiger partial charge in [-0.3, -0.25) is 57.5 Å². The van der Waals surface area contributed by atoms with Gasteiger partial charge >= 0.3 is 0 Å². The standard InChI is InChI=1S/C77H134N12O14/c1-48(2)40-56-71(97)84(15)58(41-49(3)4)68(94)80-65(52(8)90)76(102)81(12)46-64(92)88(19)66(50(5)6)69(95)79-57(47-103-77(9,10)11)72(98)85(16)60(43-54-34-26-21-27-35-54)73(99)86(17)61(44-55-36-28-22-29-37-55)74(100)87(18)62(75(101)89-38-30-23-31-39-89)45-63(91)82(13)51(7)70(96)83(14)59(67(93)78-56)42-53-32-24-20-25-33-53/h48-62,65-66,90H,20-47H2,1-19H3,(H,78,93)(H,79,95)(H,80,94)/t51-,52-,56+,57+,58+,59+,60+,61+,62+,65+,66+/m1/s1. The van der Waals surface area contributed by atoms with Crippen LogP contribution in [0, 0.1) is 35.5 Å². The van der Waals surface area contributed by atoms with Crippen LogP contribution in [0.5, 0.6) is 0 Å². The van der Waals surface area contributed by atoms with E-state index in [1.165, 1.54) is 90.6 Å². The van der Waals surface area contributed by atoms with Crippen LogP contribution in [0.3, 0.4) is 0 Å². The fourth-order valence-corrected chi connectivity index (χ4v) is 15.9. The summed E-state index contributed by atoms with van der Waals surface area (Å²) in [6.45, 7) is 19.0. The van der Waals surface area contributed by atoms with Crippen molar-refractivity contribution >= 4 is 70.9 Å². The Bertz CT molecular complexity index is 2860. The highest BCUT2D eigenvalue weighted by molar-refractivity contribution is 6.00. The number of amides is 12. The molecule has 26 heteroatoms. The number of aliphatic hydroxyl groups excluding tert-OH is 1. The van der Waals surface area contributed by atoms with E-state index in [4.69, 9.17) is 4.74 Å². The van der Waals surface area contributed by atoms with Crippen LogP contribution in [-0.4, -0.2) is 275 Å². The topological polar surface area (TPSA) is 300 Å². The highest BCUT2D eigenvalue weighted by Crippen LogP contribution is 2.34. The minimum atomic E-state index is -1.63. The molecule has 11 atom stereocenters. The largest absolute Gasteiger partial charge is 0.391 e. The second kappa shape index (κ2) is 40.3. The molecule has 0 unspecified atom stereocenters. The van der Waals surface area contributed by atoms with Crippen LogP contribution >= 0.6 is 0 Å². The number of piperidine rings is 1. The lowest BCUT2D eigenvalue weighted by Crippen LogP contribution is -2.62. The molecule has 586 valence electrons. The third-order valence-corrected chi connectivity index (χ3v) is 22.6. The molecule has 2 aliphatic heterocycles. The summed E-state index contributed by atoms with van der Waals surface area (Å²) >= 11 is 0. The van der Waals surface area contributed by atoms with Crippen LogP contribution in [0.4, 0.5) is 0 Å². The lowest BCUT2D eigenvalue weighted by molar-refractivity contribution is -0.157. The first kappa shape index (κ1) is 87.2. The van der Waals surface area contributed by atoms with E-state index >= 15 is 43.2 Å². The smallest absolute Gasteiger partial charge is 0.248 e. The molecule has 0 aromatic carbocycles. The van der Waals surface area contributed by atoms with Crippen LogP contribution in [0.1, 0.15) is 230 Å². The highest BCUT2D eigenvalue weighted by atomic mass is 16.5. The normalized spacial score (nSPS) is 28.2. The van der Waals surface area contributed by atoms with Crippen LogP contribution in [0.25, 0.3) is 0 Å². The molecule has 0 bridgehead atoms. The summed E-state index contributed by atoms with van der Waals surface area (Å²) in [5.74, 6) is -8.71. The summed E-state index contributed by atoms with van der Waals surface area (Å²) < 4.78 is 6.27. The van der Waals surface area contributed by atoms with Gasteiger partial charge < -0.3 is 69.9 Å². The molecule has 12 amide bonds. The van der Waals surface area contributed by atoms with Crippen molar-refractivity contribution < 1.29 is 67.4 Å². The number of hydrogen-bond donors (Lipinski definition) is 4. The predicted octanol–water partition coefficient (Wildman–Crippen LogP) is 5.98. The minimum Gasteiger partial charge on any atom is -0.391 e. The lowest BCUT2D eigenvalue weighted by atomic mass is 9.83. The molecule has 0 spiro atoms. The molecule has 5 rings (SSSR count). The number of likely N-dealkylation sites (N-methyl/N-ethyl adjacent to an activating group) is 8. The summed E-state index contributed by atoms with van der Waals surface area (Å²) in [5.41, 5.74) is -0.828. The number of hydrogen-bond acceptors (Lipinski definition) is 14. The van der Waals surface area contributed by atoms with Crippen molar-refractivity contribution in [2.75, 3.05) is 82.6 Å². The Morgan fingerprint density at radius 1 is 0.466 bits per heavy atom. The molecule has 2 saturated heterocycles. The second-order valence-corrected chi connectivity index (χ2v) is 33.2. The first-order chi connectivity index (χ1) is 48.3. The van der Waals surface area contributed by atoms with Crippen molar-refractivity contribution in [2.45, 2.75) is 302 Å². The van der Waals surface area contributed by atoms with Crippen molar-refractivity contribution in [3.63, 3.8) is 0 Å². The Morgan fingerprint density at radius 2 is 0.883 bits per heavy atom. The Labute approximate surface area is 616 Å². The maximum Gasteiger partial charge on any atom is 0.248 e. The average molecular weight is 1450 g/mol. The number of carbonyl (C=O) groups excluding carboxylic acids is 12. The fraction of sp³-hybridized carbons (Fsp3) is 0.844. The molecule has 3 saturated carbocycles. The van der Waals surface area contributed by atoms with E-state index in [2.05, 4.69) is 16.0 Å². The average Bonchev–Trinajstić information content (AvgIpc) is 0.805. The zero-order valence-corrected chi connectivity index (χ0v) is 66.4. The van der Waals surface area contributed by atoms with E-state index < -0.39 is 162 Å². The number of likely N-dealkylation sites (tertiary alicyclic amines) is 1. The Kier molecular flexibility index (Phi) is 34.1. The van der Waals surface area contributed by atoms with E-state index in [1.54, 1.807) is 53.5 Å². The summed E-state index contributed by atoms with van der Waals surface area (Å²) in [4.78, 5) is 194. The zero-order chi connectivity index (χ0) is 77.1. The third kappa shape index (κ3) is 24.8. The Hall–Kier alpha value is -6.44. The third-order valence-electron chi connectivity index (χ3n) is 22.6. The molecule has 3 aliphatic carbocycles. The van der Waals surface area contributed by atoms with Gasteiger partial charge in [-0.15, -0.1) is 0 Å². The van der Waals surface area contributed by atoms with Crippen molar-refractivity contribution in [1.29, 1.82) is 0 Å². The van der Waals surface area contributed by atoms with Crippen molar-refractivity contribution in [1.82, 2.24) is 60.0 Å². The molecule has 26 nitrogen and oxygen atoms in total. The first-order valence-corrected chi connectivity index (χ1v) is 38.9. The number of aliphatic hydroxyl groups is 1. The number of rotatable bonds is 15. The van der Waals surface area contributed by atoms with Crippen molar-refractivity contribution in [3.05, 3.63) is 0 Å². The van der Waals surface area contributed by atoms with E-state index in [1.807, 2.05) is 27.7 Å². The van der Waals surface area contributed by atoms with Gasteiger partial charge in [0.25, 0.3) is 0 Å². The molecular formula is C77H134N12O14. The molecule has 0 radical (unpaired) electrons. The van der Waals surface area contributed by atoms with Crippen LogP contribution < -0.4 is 16.0 Å². The SMILES string of the molecule is CC(C)C[C@@H]1NC(=O)[C@H](CC2CCCCC2)N(C)C(=O)[C@@H](C)N(C)C(=O)C[C@@H](C(=O)N2CCCCC2)N(C)C(=O)[C@H](CC2CCCCC2)N(C)C(=O)[C@H](CC2CCCCC2)N(C)C(=O)[C@H](COC(C)(C)C)NC(=O)[C@H](C(C)C)N(C)C(=O)CN(C)C(=O)[C@H]([C@@H](C)O)NC(=O)[C@H](CC(C)C)N(C)C1=O. The Balaban J connectivity index is 1.71. The zero-order valence-electron chi connectivity index (χ0n) is 66.4. The maximum atomic E-state index is 16.0. The van der Waals surface area contributed by atoms with Gasteiger partial charge in [0.1, 0.15) is 60.4 Å². The molecule has 2 heterocycles. The summed E-state index contributed by atoms with van der Waals surface area (Å²) in [7, 11) is 11.7. The van der Waals surface area contributed by atoms with Gasteiger partial charge in [0.15, 0.2) is 0 Å². The van der Waals surface area contributed by atoms with Gasteiger partial charge in [-0.1, -0.05) is 138 Å². The summed E-state index contributed by atoms with van der Waals surface area (Å²) in [5, 5.41) is 19.8. The Morgan fingerprint density at radius 3 is 1.35 bits per heavy atom. The number of ether oxygens (including phenoxy) is 1. The first-order valence-electron chi connectivity index (χ1n) is 38.9. The van der Waals surface area contributed by atoms with Gasteiger partial charge in [-0.2, -0.15) is 0 Å². The van der Waals surface area contributed by atoms with Crippen LogP contribution in [0.2, 0.25) is 0 Å². The molecule has 0 aromatic rings. The van der Waals surface area contributed by atoms with Gasteiger partial charge in [-0.25, -0.2) is 0 Å². The van der Waals surface area contributed by atoms with Gasteiger partial charge in [0.05, 0.1) is 31.3 Å². The quantitative estimate of drug-likeness (QED) is 0.147. The number of carbonyl (C=O) groups is 12. The molecular weight excluding hydrogens is 1320 g/mol. The number of nitrogens with zero attached hydrogens (tertiary/aromatic N) is 9. The van der Waals surface area contributed by atoms with Gasteiger partial charge in [0.2, 0.25) is 70.9 Å². The monoisotopic (exact) mass is 1450 g/mol. The summed E-state index contributed by atoms with van der Waals surface area (Å²) in [6, 6.07) is -12.8. The fourth-order valence-electron chi connectivity index (χ4n) is 15.9. The van der Waals surface area contributed by atoms with Crippen molar-refractivity contribution in [2.24, 2.45) is 35.5 Å². The van der Waals surface area contributed by atoms with E-state index in [0.717, 1.165) is 108 Å². The molecule has 103 heavy (non-hydrogen) atoms. The highest BCUT2D eigenvalue weighted by Gasteiger charge is 2.46. The maximum absolute atomic E-state index is 16.0. The van der Waals surface area contributed by atoms with Crippen molar-refractivity contribution in [3.8, 4) is 0 Å².